The van der Waals surface area contributed by atoms with Crippen LogP contribution in [0.15, 0.2) is 127 Å². The fourth-order valence-electron chi connectivity index (χ4n) is 6.50. The molecule has 0 amide bonds. The normalized spacial score (nSPS) is 10.1. The van der Waals surface area contributed by atoms with E-state index >= 15 is 0 Å². The van der Waals surface area contributed by atoms with Gasteiger partial charge in [0.1, 0.15) is 0 Å². The Bertz CT molecular complexity index is 1930. The van der Waals surface area contributed by atoms with Gasteiger partial charge in [0.25, 0.3) is 0 Å². The van der Waals surface area contributed by atoms with Crippen LogP contribution in [0.3, 0.4) is 0 Å². The molecule has 0 unspecified atom stereocenters. The smallest absolute Gasteiger partial charge is 0.0216 e. The first kappa shape index (κ1) is 50.3. The van der Waals surface area contributed by atoms with Crippen LogP contribution in [0.5, 0.6) is 0 Å². The van der Waals surface area contributed by atoms with E-state index in [2.05, 4.69) is 234 Å². The molecular weight excluding hydrogens is 685 g/mol. The Balaban J connectivity index is 0.000000345. The van der Waals surface area contributed by atoms with Crippen LogP contribution in [0.4, 0.5) is 0 Å². The van der Waals surface area contributed by atoms with Crippen LogP contribution < -0.4 is 0 Å². The van der Waals surface area contributed by atoms with Gasteiger partial charge < -0.3 is 0 Å². The van der Waals surface area contributed by atoms with E-state index in [1.807, 2.05) is 18.2 Å². The van der Waals surface area contributed by atoms with Gasteiger partial charge in [0, 0.05) is 0 Å². The minimum Gasteiger partial charge on any atom is -0.0622 e. The molecule has 0 atom stereocenters. The molecule has 0 saturated heterocycles. The van der Waals surface area contributed by atoms with Gasteiger partial charge in [-0.15, -0.1) is 0 Å². The van der Waals surface area contributed by atoms with Crippen LogP contribution in [0.25, 0.3) is 0 Å². The summed E-state index contributed by atoms with van der Waals surface area (Å²) in [4.78, 5) is 0. The molecule has 0 bridgehead atoms. The van der Waals surface area contributed by atoms with Gasteiger partial charge in [-0.3, -0.25) is 0 Å². The van der Waals surface area contributed by atoms with E-state index in [0.29, 0.717) is 17.8 Å². The number of rotatable bonds is 3. The third-order valence-electron chi connectivity index (χ3n) is 10.8. The van der Waals surface area contributed by atoms with Gasteiger partial charge in [0.15, 0.2) is 0 Å². The van der Waals surface area contributed by atoms with E-state index in [1.165, 1.54) is 83.5 Å². The van der Waals surface area contributed by atoms with E-state index in [1.54, 1.807) is 0 Å². The van der Waals surface area contributed by atoms with Crippen LogP contribution in [-0.4, -0.2) is 0 Å². The van der Waals surface area contributed by atoms with Crippen molar-refractivity contribution in [2.24, 2.45) is 0 Å². The highest BCUT2D eigenvalue weighted by Crippen LogP contribution is 2.26. The van der Waals surface area contributed by atoms with E-state index < -0.39 is 0 Å². The fraction of sp³-hybridized carbons (Fsp3) is 0.368. The van der Waals surface area contributed by atoms with Gasteiger partial charge >= 0.3 is 0 Å². The molecule has 0 aromatic heterocycles. The van der Waals surface area contributed by atoms with Gasteiger partial charge in [-0.05, 0) is 173 Å². The molecule has 306 valence electrons. The standard InChI is InChI=1S/C13H20.2C10H14.C9H12.C8H10.C7H8/c1-9(2)12-7-6-8-13(10(3)4)11(12)5;1-7-5-8(2)10(4)9(3)6-7;1-8(2)10-7-5-4-6-9(10)3;1-7-5-4-6-8(2)9(7)3;1-7-5-3-4-6-8(7)2;1-7-5-3-2-4-6-7/h6-10H,1-5H3;5-6H,1-4H3;4-8H,1-3H3;4-6H,1-3H3;3-6H,1-2H3;2-6H,1H3. The molecule has 0 heteroatoms. The van der Waals surface area contributed by atoms with Crippen molar-refractivity contribution < 1.29 is 0 Å². The third kappa shape index (κ3) is 18.9. The molecule has 0 aliphatic carbocycles. The molecular formula is C57H78. The Kier molecular flexibility index (Phi) is 23.2. The van der Waals surface area contributed by atoms with Gasteiger partial charge in [-0.2, -0.15) is 0 Å². The molecule has 6 aromatic rings. The quantitative estimate of drug-likeness (QED) is 0.168. The summed E-state index contributed by atoms with van der Waals surface area (Å²) in [7, 11) is 0. The molecule has 57 heavy (non-hydrogen) atoms. The Morgan fingerprint density at radius 2 is 0.561 bits per heavy atom. The second-order valence-corrected chi connectivity index (χ2v) is 16.7. The van der Waals surface area contributed by atoms with Crippen molar-refractivity contribution in [3.05, 3.63) is 211 Å². The number of benzene rings is 6. The maximum atomic E-state index is 2.26. The predicted molar refractivity (Wildman–Crippen MR) is 258 cm³/mol. The molecule has 0 nitrogen and oxygen atoms in total. The lowest BCUT2D eigenvalue weighted by atomic mass is 9.90. The van der Waals surface area contributed by atoms with Crippen molar-refractivity contribution in [2.45, 2.75) is 142 Å². The number of hydrogen-bond donors (Lipinski definition) is 0. The Morgan fingerprint density at radius 1 is 0.246 bits per heavy atom. The Labute approximate surface area is 351 Å². The van der Waals surface area contributed by atoms with Crippen molar-refractivity contribution in [3.8, 4) is 0 Å². The maximum Gasteiger partial charge on any atom is -0.0216 e. The highest BCUT2D eigenvalue weighted by Gasteiger charge is 2.09. The van der Waals surface area contributed by atoms with Crippen LogP contribution >= 0.6 is 0 Å². The van der Waals surface area contributed by atoms with Crippen LogP contribution in [-0.2, 0) is 0 Å². The monoisotopic (exact) mass is 763 g/mol. The second kappa shape index (κ2) is 26.3. The van der Waals surface area contributed by atoms with Crippen LogP contribution in [0.1, 0.15) is 143 Å². The zero-order chi connectivity index (χ0) is 43.2. The molecule has 0 aliphatic heterocycles. The summed E-state index contributed by atoms with van der Waals surface area (Å²) < 4.78 is 0. The highest BCUT2D eigenvalue weighted by atomic mass is 14.1. The summed E-state index contributed by atoms with van der Waals surface area (Å²) >= 11 is 0. The summed E-state index contributed by atoms with van der Waals surface area (Å²) in [6.07, 6.45) is 0. The van der Waals surface area contributed by atoms with Crippen LogP contribution in [0.2, 0.25) is 0 Å². The van der Waals surface area contributed by atoms with E-state index in [-0.39, 0.29) is 0 Å². The molecule has 0 aliphatic rings. The van der Waals surface area contributed by atoms with Crippen molar-refractivity contribution in [2.75, 3.05) is 0 Å². The topological polar surface area (TPSA) is 0 Å². The minimum absolute atomic E-state index is 0.638. The fourth-order valence-corrected chi connectivity index (χ4v) is 6.50. The van der Waals surface area contributed by atoms with E-state index in [4.69, 9.17) is 0 Å². The average molecular weight is 763 g/mol. The summed E-state index contributed by atoms with van der Waals surface area (Å²) in [5.41, 5.74) is 21.1. The molecule has 0 radical (unpaired) electrons. The first-order chi connectivity index (χ1) is 26.8. The predicted octanol–water partition coefficient (Wildman–Crippen LogP) is 17.2. The van der Waals surface area contributed by atoms with Crippen LogP contribution in [0, 0.1) is 83.1 Å². The number of hydrogen-bond acceptors (Lipinski definition) is 0. The SMILES string of the molecule is Cc1c(C(C)C)cccc1C(C)C.Cc1cc(C)c(C)c(C)c1.Cc1cccc(C)c1C.Cc1ccccc1.Cc1ccccc1C.Cc1ccccc1C(C)C. The first-order valence-electron chi connectivity index (χ1n) is 21.0. The maximum absolute atomic E-state index is 2.26. The second-order valence-electron chi connectivity index (χ2n) is 16.7. The summed E-state index contributed by atoms with van der Waals surface area (Å²) in [6, 6.07) is 44.6. The third-order valence-corrected chi connectivity index (χ3v) is 10.8. The molecule has 6 rings (SSSR count). The first-order valence-corrected chi connectivity index (χ1v) is 21.0. The van der Waals surface area contributed by atoms with Crippen molar-refractivity contribution in [1.29, 1.82) is 0 Å². The lowest BCUT2D eigenvalue weighted by molar-refractivity contribution is 0.817. The summed E-state index contributed by atoms with van der Waals surface area (Å²) in [5, 5.41) is 0. The summed E-state index contributed by atoms with van der Waals surface area (Å²) in [5.74, 6) is 1.93. The van der Waals surface area contributed by atoms with Crippen molar-refractivity contribution in [1.82, 2.24) is 0 Å². The zero-order valence-corrected chi connectivity index (χ0v) is 39.4. The lowest BCUT2D eigenvalue weighted by Gasteiger charge is -2.16. The highest BCUT2D eigenvalue weighted by molar-refractivity contribution is 5.38. The molecule has 0 fully saturated rings. The van der Waals surface area contributed by atoms with Gasteiger partial charge in [0.2, 0.25) is 0 Å². The minimum atomic E-state index is 0.638. The van der Waals surface area contributed by atoms with Gasteiger partial charge in [0.05, 0.1) is 0 Å². The molecule has 0 spiro atoms. The molecule has 0 saturated carbocycles. The molecule has 6 aromatic carbocycles. The largest absolute Gasteiger partial charge is 0.0622 e. The number of aryl methyl sites for hydroxylation is 9. The van der Waals surface area contributed by atoms with E-state index in [9.17, 15) is 0 Å². The molecule has 0 heterocycles. The Morgan fingerprint density at radius 3 is 0.877 bits per heavy atom. The Hall–Kier alpha value is -4.68. The average Bonchev–Trinajstić information content (AvgIpc) is 3.15. The molecule has 0 N–H and O–H groups in total. The summed E-state index contributed by atoms with van der Waals surface area (Å²) in [6.45, 7) is 39.3. The zero-order valence-electron chi connectivity index (χ0n) is 39.4. The van der Waals surface area contributed by atoms with Crippen molar-refractivity contribution in [3.63, 3.8) is 0 Å². The van der Waals surface area contributed by atoms with Crippen molar-refractivity contribution >= 4 is 0 Å². The van der Waals surface area contributed by atoms with Gasteiger partial charge in [-0.1, -0.05) is 180 Å². The van der Waals surface area contributed by atoms with Gasteiger partial charge in [-0.25, -0.2) is 0 Å². The van der Waals surface area contributed by atoms with E-state index in [0.717, 1.165) is 0 Å². The lowest BCUT2D eigenvalue weighted by Crippen LogP contribution is -1.98.